The molecule has 2 heterocycles. The Bertz CT molecular complexity index is 874. The van der Waals surface area contributed by atoms with Gasteiger partial charge in [0.15, 0.2) is 5.82 Å². The molecule has 0 radical (unpaired) electrons. The van der Waals surface area contributed by atoms with E-state index in [4.69, 9.17) is 4.52 Å². The van der Waals surface area contributed by atoms with Crippen LogP contribution in [-0.4, -0.2) is 47.9 Å². The Morgan fingerprint density at radius 1 is 1.31 bits per heavy atom. The van der Waals surface area contributed by atoms with Crippen LogP contribution in [0.3, 0.4) is 0 Å². The number of nitrogens with zero attached hydrogens (tertiary/aromatic N) is 3. The summed E-state index contributed by atoms with van der Waals surface area (Å²) in [4.78, 5) is 39.3. The first kappa shape index (κ1) is 17.7. The minimum atomic E-state index is -0.363. The topological polar surface area (TPSA) is 95.8 Å². The standard InChI is InChI=1S/C18H20N4O4/c1-11-8-16(20-26-11)19-17(24)10-21(3)18(25)14-4-5-15-13(9-14)6-7-22(15)12(2)23/h4-5,8-9H,6-7,10H2,1-3H3,(H,19,20,24). The van der Waals surface area contributed by atoms with Crippen molar-refractivity contribution >= 4 is 29.2 Å². The van der Waals surface area contributed by atoms with Gasteiger partial charge in [0.05, 0.1) is 6.54 Å². The fourth-order valence-electron chi connectivity index (χ4n) is 2.98. The molecule has 136 valence electrons. The molecule has 1 N–H and O–H groups in total. The van der Waals surface area contributed by atoms with Crippen LogP contribution in [0.4, 0.5) is 11.5 Å². The van der Waals surface area contributed by atoms with E-state index in [9.17, 15) is 14.4 Å². The summed E-state index contributed by atoms with van der Waals surface area (Å²) in [6, 6.07) is 6.85. The highest BCUT2D eigenvalue weighted by molar-refractivity contribution is 6.00. The lowest BCUT2D eigenvalue weighted by atomic mass is 10.1. The summed E-state index contributed by atoms with van der Waals surface area (Å²) >= 11 is 0. The smallest absolute Gasteiger partial charge is 0.254 e. The predicted molar refractivity (Wildman–Crippen MR) is 95.0 cm³/mol. The van der Waals surface area contributed by atoms with Gasteiger partial charge in [-0.1, -0.05) is 5.16 Å². The van der Waals surface area contributed by atoms with Gasteiger partial charge in [0.1, 0.15) is 5.76 Å². The van der Waals surface area contributed by atoms with Crippen molar-refractivity contribution in [1.82, 2.24) is 10.1 Å². The lowest BCUT2D eigenvalue weighted by molar-refractivity contribution is -0.117. The molecule has 1 aromatic heterocycles. The molecule has 8 heteroatoms. The van der Waals surface area contributed by atoms with Gasteiger partial charge in [-0.05, 0) is 37.1 Å². The van der Waals surface area contributed by atoms with Crippen LogP contribution in [0.2, 0.25) is 0 Å². The van der Waals surface area contributed by atoms with E-state index in [1.165, 1.54) is 11.8 Å². The molecule has 2 aromatic rings. The van der Waals surface area contributed by atoms with Gasteiger partial charge in [0.25, 0.3) is 5.91 Å². The highest BCUT2D eigenvalue weighted by Gasteiger charge is 2.24. The van der Waals surface area contributed by atoms with E-state index >= 15 is 0 Å². The van der Waals surface area contributed by atoms with E-state index in [0.717, 1.165) is 11.3 Å². The number of rotatable bonds is 4. The van der Waals surface area contributed by atoms with E-state index in [0.29, 0.717) is 30.1 Å². The number of fused-ring (bicyclic) bond motifs is 1. The number of likely N-dealkylation sites (N-methyl/N-ethyl adjacent to an activating group) is 1. The molecule has 8 nitrogen and oxygen atoms in total. The van der Waals surface area contributed by atoms with Crippen molar-refractivity contribution in [3.63, 3.8) is 0 Å². The Kier molecular flexibility index (Phi) is 4.75. The maximum Gasteiger partial charge on any atom is 0.254 e. The second-order valence-electron chi connectivity index (χ2n) is 6.30. The summed E-state index contributed by atoms with van der Waals surface area (Å²) in [7, 11) is 1.56. The van der Waals surface area contributed by atoms with Crippen molar-refractivity contribution in [3.05, 3.63) is 41.2 Å². The van der Waals surface area contributed by atoms with E-state index in [-0.39, 0.29) is 24.3 Å². The van der Waals surface area contributed by atoms with Crippen LogP contribution in [0.5, 0.6) is 0 Å². The number of anilines is 2. The number of hydrogen-bond acceptors (Lipinski definition) is 5. The number of aromatic nitrogens is 1. The maximum atomic E-state index is 12.6. The Balaban J connectivity index is 1.65. The Hall–Kier alpha value is -3.16. The van der Waals surface area contributed by atoms with Crippen LogP contribution in [-0.2, 0) is 16.0 Å². The SMILES string of the molecule is CC(=O)N1CCc2cc(C(=O)N(C)CC(=O)Nc3cc(C)on3)ccc21. The fourth-order valence-corrected chi connectivity index (χ4v) is 2.98. The number of carbonyl (C=O) groups excluding carboxylic acids is 3. The first-order valence-electron chi connectivity index (χ1n) is 8.25. The van der Waals surface area contributed by atoms with Crippen LogP contribution in [0, 0.1) is 6.92 Å². The van der Waals surface area contributed by atoms with Crippen LogP contribution in [0.25, 0.3) is 0 Å². The van der Waals surface area contributed by atoms with Crippen molar-refractivity contribution in [1.29, 1.82) is 0 Å². The number of benzene rings is 1. The van der Waals surface area contributed by atoms with Gasteiger partial charge in [-0.3, -0.25) is 14.4 Å². The number of nitrogens with one attached hydrogen (secondary N) is 1. The van der Waals surface area contributed by atoms with Gasteiger partial charge >= 0.3 is 0 Å². The Morgan fingerprint density at radius 3 is 2.73 bits per heavy atom. The summed E-state index contributed by atoms with van der Waals surface area (Å²) in [5, 5.41) is 6.26. The predicted octanol–water partition coefficient (Wildman–Crippen LogP) is 1.60. The second-order valence-corrected chi connectivity index (χ2v) is 6.30. The number of carbonyl (C=O) groups is 3. The van der Waals surface area contributed by atoms with E-state index in [1.807, 2.05) is 0 Å². The second kappa shape index (κ2) is 6.99. The summed E-state index contributed by atoms with van der Waals surface area (Å²) in [5.74, 6) is 0.260. The zero-order valence-electron chi connectivity index (χ0n) is 14.9. The molecule has 1 aliphatic heterocycles. The molecule has 1 aromatic carbocycles. The largest absolute Gasteiger partial charge is 0.360 e. The highest BCUT2D eigenvalue weighted by Crippen LogP contribution is 2.29. The summed E-state index contributed by atoms with van der Waals surface area (Å²) in [6.07, 6.45) is 0.714. The molecular weight excluding hydrogens is 336 g/mol. The minimum Gasteiger partial charge on any atom is -0.360 e. The van der Waals surface area contributed by atoms with E-state index in [1.54, 1.807) is 43.1 Å². The maximum absolute atomic E-state index is 12.6. The van der Waals surface area contributed by atoms with Crippen molar-refractivity contribution in [3.8, 4) is 0 Å². The first-order chi connectivity index (χ1) is 12.3. The van der Waals surface area contributed by atoms with Crippen LogP contribution >= 0.6 is 0 Å². The van der Waals surface area contributed by atoms with Crippen molar-refractivity contribution in [2.75, 3.05) is 30.4 Å². The van der Waals surface area contributed by atoms with Crippen molar-refractivity contribution < 1.29 is 18.9 Å². The zero-order chi connectivity index (χ0) is 18.8. The number of amides is 3. The normalized spacial score (nSPS) is 12.7. The zero-order valence-corrected chi connectivity index (χ0v) is 14.9. The van der Waals surface area contributed by atoms with E-state index < -0.39 is 0 Å². The quantitative estimate of drug-likeness (QED) is 0.898. The van der Waals surface area contributed by atoms with Crippen molar-refractivity contribution in [2.24, 2.45) is 0 Å². The van der Waals surface area contributed by atoms with Crippen LogP contribution < -0.4 is 10.2 Å². The van der Waals surface area contributed by atoms with Gasteiger partial charge in [0.2, 0.25) is 11.8 Å². The van der Waals surface area contributed by atoms with Gasteiger partial charge in [-0.15, -0.1) is 0 Å². The fraction of sp³-hybridized carbons (Fsp3) is 0.333. The Labute approximate surface area is 150 Å². The number of aryl methyl sites for hydroxylation is 1. The summed E-state index contributed by atoms with van der Waals surface area (Å²) in [6.45, 7) is 3.76. The monoisotopic (exact) mass is 356 g/mol. The van der Waals surface area contributed by atoms with Gasteiger partial charge < -0.3 is 19.6 Å². The third-order valence-corrected chi connectivity index (χ3v) is 4.23. The molecule has 0 unspecified atom stereocenters. The molecular formula is C18H20N4O4. The van der Waals surface area contributed by atoms with Crippen LogP contribution in [0.15, 0.2) is 28.8 Å². The summed E-state index contributed by atoms with van der Waals surface area (Å²) < 4.78 is 4.88. The molecule has 1 aliphatic rings. The molecule has 0 saturated heterocycles. The Morgan fingerprint density at radius 2 is 2.08 bits per heavy atom. The number of hydrogen-bond donors (Lipinski definition) is 1. The van der Waals surface area contributed by atoms with Crippen molar-refractivity contribution in [2.45, 2.75) is 20.3 Å². The molecule has 0 spiro atoms. The third kappa shape index (κ3) is 3.58. The lowest BCUT2D eigenvalue weighted by Gasteiger charge is -2.18. The average molecular weight is 356 g/mol. The molecule has 26 heavy (non-hydrogen) atoms. The molecule has 3 rings (SSSR count). The molecule has 0 atom stereocenters. The van der Waals surface area contributed by atoms with Gasteiger partial charge in [-0.2, -0.15) is 0 Å². The van der Waals surface area contributed by atoms with Gasteiger partial charge in [0, 0.05) is 37.8 Å². The molecule has 3 amide bonds. The molecule has 0 fully saturated rings. The van der Waals surface area contributed by atoms with Gasteiger partial charge in [-0.25, -0.2) is 0 Å². The van der Waals surface area contributed by atoms with Crippen LogP contribution in [0.1, 0.15) is 28.6 Å². The highest BCUT2D eigenvalue weighted by atomic mass is 16.5. The molecule has 0 saturated carbocycles. The van der Waals surface area contributed by atoms with E-state index in [2.05, 4.69) is 10.5 Å². The molecule has 0 bridgehead atoms. The lowest BCUT2D eigenvalue weighted by Crippen LogP contribution is -2.35. The average Bonchev–Trinajstić information content (AvgIpc) is 3.19. The summed E-state index contributed by atoms with van der Waals surface area (Å²) in [5.41, 5.74) is 2.29. The molecule has 0 aliphatic carbocycles. The third-order valence-electron chi connectivity index (χ3n) is 4.23. The first-order valence-corrected chi connectivity index (χ1v) is 8.25. The minimum absolute atomic E-state index is 0.0142.